The van der Waals surface area contributed by atoms with Crippen molar-refractivity contribution in [2.75, 3.05) is 26.7 Å². The molecule has 1 aromatic carbocycles. The van der Waals surface area contributed by atoms with Crippen molar-refractivity contribution in [1.29, 1.82) is 0 Å². The number of likely N-dealkylation sites (N-methyl/N-ethyl adjacent to an activating group) is 1. The van der Waals surface area contributed by atoms with E-state index >= 15 is 0 Å². The zero-order valence-corrected chi connectivity index (χ0v) is 8.56. The predicted molar refractivity (Wildman–Crippen MR) is 57.3 cm³/mol. The van der Waals surface area contributed by atoms with Crippen LogP contribution in [0.15, 0.2) is 30.3 Å². The van der Waals surface area contributed by atoms with Crippen LogP contribution in [0.3, 0.4) is 0 Å². The van der Waals surface area contributed by atoms with Gasteiger partial charge in [0.1, 0.15) is 0 Å². The first-order chi connectivity index (χ1) is 6.81. The zero-order valence-electron chi connectivity index (χ0n) is 8.56. The average molecular weight is 191 g/mol. The lowest BCUT2D eigenvalue weighted by molar-refractivity contribution is 0.219. The van der Waals surface area contributed by atoms with Crippen LogP contribution >= 0.6 is 0 Å². The molecule has 2 atom stereocenters. The van der Waals surface area contributed by atoms with Gasteiger partial charge < -0.3 is 10.0 Å². The Morgan fingerprint density at radius 3 is 2.64 bits per heavy atom. The molecule has 2 nitrogen and oxygen atoms in total. The van der Waals surface area contributed by atoms with Crippen LogP contribution in [-0.4, -0.2) is 36.8 Å². The van der Waals surface area contributed by atoms with Crippen molar-refractivity contribution in [1.82, 2.24) is 4.90 Å². The van der Waals surface area contributed by atoms with E-state index in [0.29, 0.717) is 18.4 Å². The van der Waals surface area contributed by atoms with E-state index in [2.05, 4.69) is 36.2 Å². The van der Waals surface area contributed by atoms with E-state index in [9.17, 15) is 5.11 Å². The number of hydrogen-bond donors (Lipinski definition) is 1. The Hall–Kier alpha value is -0.860. The summed E-state index contributed by atoms with van der Waals surface area (Å²) in [5.74, 6) is 0.911. The van der Waals surface area contributed by atoms with Crippen molar-refractivity contribution >= 4 is 0 Å². The molecular formula is C12H17NO. The maximum absolute atomic E-state index is 9.29. The van der Waals surface area contributed by atoms with Gasteiger partial charge in [0.25, 0.3) is 0 Å². The summed E-state index contributed by atoms with van der Waals surface area (Å²) in [5.41, 5.74) is 1.36. The molecule has 1 aromatic rings. The van der Waals surface area contributed by atoms with Crippen molar-refractivity contribution in [3.63, 3.8) is 0 Å². The Labute approximate surface area is 85.2 Å². The van der Waals surface area contributed by atoms with Gasteiger partial charge >= 0.3 is 0 Å². The Morgan fingerprint density at radius 2 is 2.00 bits per heavy atom. The van der Waals surface area contributed by atoms with Gasteiger partial charge in [0.2, 0.25) is 0 Å². The van der Waals surface area contributed by atoms with Crippen LogP contribution in [0.5, 0.6) is 0 Å². The molecule has 1 heterocycles. The van der Waals surface area contributed by atoms with E-state index in [1.165, 1.54) is 5.56 Å². The second-order valence-electron chi connectivity index (χ2n) is 4.18. The first-order valence-electron chi connectivity index (χ1n) is 5.15. The number of likely N-dealkylation sites (tertiary alicyclic amines) is 1. The lowest BCUT2D eigenvalue weighted by Gasteiger charge is -2.15. The lowest BCUT2D eigenvalue weighted by Crippen LogP contribution is -2.15. The minimum atomic E-state index is 0.296. The normalized spacial score (nSPS) is 28.1. The summed E-state index contributed by atoms with van der Waals surface area (Å²) in [6.45, 7) is 2.37. The lowest BCUT2D eigenvalue weighted by atomic mass is 9.90. The summed E-state index contributed by atoms with van der Waals surface area (Å²) in [6.07, 6.45) is 0. The Bertz CT molecular complexity index is 286. The van der Waals surface area contributed by atoms with Crippen molar-refractivity contribution in [2.45, 2.75) is 5.92 Å². The van der Waals surface area contributed by atoms with Crippen molar-refractivity contribution in [3.8, 4) is 0 Å². The summed E-state index contributed by atoms with van der Waals surface area (Å²) in [6, 6.07) is 10.5. The third-order valence-corrected chi connectivity index (χ3v) is 3.09. The minimum absolute atomic E-state index is 0.296. The van der Waals surface area contributed by atoms with Crippen LogP contribution in [0.1, 0.15) is 11.5 Å². The number of aliphatic hydroxyl groups excluding tert-OH is 1. The van der Waals surface area contributed by atoms with Crippen molar-refractivity contribution in [2.24, 2.45) is 5.92 Å². The second kappa shape index (κ2) is 4.11. The highest BCUT2D eigenvalue weighted by molar-refractivity contribution is 5.22. The zero-order chi connectivity index (χ0) is 9.97. The molecule has 1 saturated heterocycles. The third kappa shape index (κ3) is 1.81. The second-order valence-corrected chi connectivity index (χ2v) is 4.18. The molecule has 0 radical (unpaired) electrons. The molecule has 0 saturated carbocycles. The molecule has 0 aliphatic carbocycles. The van der Waals surface area contributed by atoms with Gasteiger partial charge in [-0.15, -0.1) is 0 Å². The minimum Gasteiger partial charge on any atom is -0.396 e. The van der Waals surface area contributed by atoms with E-state index in [4.69, 9.17) is 0 Å². The third-order valence-electron chi connectivity index (χ3n) is 3.09. The van der Waals surface area contributed by atoms with Crippen LogP contribution in [-0.2, 0) is 0 Å². The molecule has 1 aliphatic rings. The fraction of sp³-hybridized carbons (Fsp3) is 0.500. The fourth-order valence-electron chi connectivity index (χ4n) is 2.35. The van der Waals surface area contributed by atoms with Crippen LogP contribution in [0.25, 0.3) is 0 Å². The van der Waals surface area contributed by atoms with Gasteiger partial charge in [-0.25, -0.2) is 0 Å². The van der Waals surface area contributed by atoms with Gasteiger partial charge in [0.15, 0.2) is 0 Å². The van der Waals surface area contributed by atoms with Crippen LogP contribution in [0.4, 0.5) is 0 Å². The molecule has 1 fully saturated rings. The number of nitrogens with zero attached hydrogens (tertiary/aromatic N) is 1. The molecule has 0 bridgehead atoms. The Morgan fingerprint density at radius 1 is 1.29 bits per heavy atom. The Balaban J connectivity index is 2.18. The standard InChI is InChI=1S/C12H17NO/c1-13-7-11(9-14)12(8-13)10-5-3-2-4-6-10/h2-6,11-12,14H,7-9H2,1H3/t11-,12-/m1/s1. The van der Waals surface area contributed by atoms with Gasteiger partial charge in [0, 0.05) is 31.5 Å². The number of rotatable bonds is 2. The van der Waals surface area contributed by atoms with Crippen molar-refractivity contribution in [3.05, 3.63) is 35.9 Å². The van der Waals surface area contributed by atoms with Gasteiger partial charge in [-0.2, -0.15) is 0 Å². The number of hydrogen-bond acceptors (Lipinski definition) is 2. The summed E-state index contributed by atoms with van der Waals surface area (Å²) in [7, 11) is 2.12. The molecule has 14 heavy (non-hydrogen) atoms. The quantitative estimate of drug-likeness (QED) is 0.762. The molecular weight excluding hydrogens is 174 g/mol. The van der Waals surface area contributed by atoms with Gasteiger partial charge in [-0.1, -0.05) is 30.3 Å². The largest absolute Gasteiger partial charge is 0.396 e. The Kier molecular flexibility index (Phi) is 2.85. The van der Waals surface area contributed by atoms with Gasteiger partial charge in [-0.05, 0) is 12.6 Å². The fourth-order valence-corrected chi connectivity index (χ4v) is 2.35. The highest BCUT2D eigenvalue weighted by Crippen LogP contribution is 2.31. The summed E-state index contributed by atoms with van der Waals surface area (Å²) < 4.78 is 0. The molecule has 0 spiro atoms. The van der Waals surface area contributed by atoms with E-state index in [-0.39, 0.29) is 0 Å². The number of benzene rings is 1. The summed E-state index contributed by atoms with van der Waals surface area (Å²) in [4.78, 5) is 2.29. The molecule has 1 N–H and O–H groups in total. The van der Waals surface area contributed by atoms with E-state index in [0.717, 1.165) is 13.1 Å². The van der Waals surface area contributed by atoms with Crippen LogP contribution in [0.2, 0.25) is 0 Å². The number of aliphatic hydroxyl groups is 1. The summed E-state index contributed by atoms with van der Waals surface area (Å²) in [5, 5.41) is 9.29. The molecule has 0 unspecified atom stereocenters. The van der Waals surface area contributed by atoms with Crippen molar-refractivity contribution < 1.29 is 5.11 Å². The molecule has 0 amide bonds. The van der Waals surface area contributed by atoms with E-state index < -0.39 is 0 Å². The first-order valence-corrected chi connectivity index (χ1v) is 5.15. The molecule has 1 aliphatic heterocycles. The van der Waals surface area contributed by atoms with E-state index in [1.807, 2.05) is 6.07 Å². The van der Waals surface area contributed by atoms with Gasteiger partial charge in [0.05, 0.1) is 0 Å². The van der Waals surface area contributed by atoms with Gasteiger partial charge in [-0.3, -0.25) is 0 Å². The van der Waals surface area contributed by atoms with E-state index in [1.54, 1.807) is 0 Å². The average Bonchev–Trinajstić information content (AvgIpc) is 2.61. The summed E-state index contributed by atoms with van der Waals surface area (Å²) >= 11 is 0. The molecule has 0 aromatic heterocycles. The predicted octanol–water partition coefficient (Wildman–Crippen LogP) is 1.32. The monoisotopic (exact) mass is 191 g/mol. The molecule has 2 rings (SSSR count). The highest BCUT2D eigenvalue weighted by Gasteiger charge is 2.30. The smallest absolute Gasteiger partial charge is 0.0477 e. The topological polar surface area (TPSA) is 23.5 Å². The maximum Gasteiger partial charge on any atom is 0.0477 e. The first kappa shape index (κ1) is 9.69. The van der Waals surface area contributed by atoms with Crippen LogP contribution in [0, 0.1) is 5.92 Å². The maximum atomic E-state index is 9.29. The SMILES string of the molecule is CN1C[C@H](CO)[C@@H](c2ccccc2)C1. The highest BCUT2D eigenvalue weighted by atomic mass is 16.3. The molecule has 76 valence electrons. The van der Waals surface area contributed by atoms with Crippen LogP contribution < -0.4 is 0 Å². The molecule has 2 heteroatoms.